The molecule has 0 unspecified atom stereocenters. The summed E-state index contributed by atoms with van der Waals surface area (Å²) in [5, 5.41) is 16.8. The molecule has 2 aromatic heterocycles. The second kappa shape index (κ2) is 7.91. The zero-order valence-corrected chi connectivity index (χ0v) is 17.7. The molecule has 2 aliphatic heterocycles. The number of urea groups is 1. The lowest BCUT2D eigenvalue weighted by Gasteiger charge is -2.39. The SMILES string of the molecule is CN(C)CCN1CC2(CCN(c3cnc(C#N)c(-c4cnn(C)c4)n3)CC2)NC1=O. The van der Waals surface area contributed by atoms with Gasteiger partial charge in [-0.3, -0.25) is 4.68 Å². The van der Waals surface area contributed by atoms with E-state index < -0.39 is 0 Å². The van der Waals surface area contributed by atoms with Gasteiger partial charge in [0.05, 0.1) is 17.9 Å². The third kappa shape index (κ3) is 3.93. The first-order valence-corrected chi connectivity index (χ1v) is 10.1. The Balaban J connectivity index is 1.46. The van der Waals surface area contributed by atoms with Gasteiger partial charge < -0.3 is 20.0 Å². The fourth-order valence-electron chi connectivity index (χ4n) is 4.09. The molecule has 1 N–H and O–H groups in total. The number of nitrogens with zero attached hydrogens (tertiary/aromatic N) is 8. The number of piperidine rings is 1. The molecule has 2 aromatic rings. The van der Waals surface area contributed by atoms with E-state index in [9.17, 15) is 10.1 Å². The van der Waals surface area contributed by atoms with E-state index in [4.69, 9.17) is 4.98 Å². The number of aryl methyl sites for hydroxylation is 1. The van der Waals surface area contributed by atoms with Crippen LogP contribution in [0.2, 0.25) is 0 Å². The zero-order valence-electron chi connectivity index (χ0n) is 17.7. The van der Waals surface area contributed by atoms with Gasteiger partial charge in [0.2, 0.25) is 0 Å². The summed E-state index contributed by atoms with van der Waals surface area (Å²) < 4.78 is 1.68. The van der Waals surface area contributed by atoms with Gasteiger partial charge >= 0.3 is 6.03 Å². The van der Waals surface area contributed by atoms with Crippen molar-refractivity contribution in [1.29, 1.82) is 5.26 Å². The third-order valence-electron chi connectivity index (χ3n) is 5.86. The van der Waals surface area contributed by atoms with Crippen LogP contribution in [0.25, 0.3) is 11.3 Å². The molecule has 2 fully saturated rings. The lowest BCUT2D eigenvalue weighted by atomic mass is 9.88. The monoisotopic (exact) mass is 409 g/mol. The van der Waals surface area contributed by atoms with Crippen LogP contribution in [0.3, 0.4) is 0 Å². The molecule has 0 aromatic carbocycles. The molecule has 2 aliphatic rings. The molecule has 2 saturated heterocycles. The molecule has 10 heteroatoms. The van der Waals surface area contributed by atoms with E-state index >= 15 is 0 Å². The average molecular weight is 409 g/mol. The molecule has 4 heterocycles. The van der Waals surface area contributed by atoms with Gasteiger partial charge in [-0.25, -0.2) is 14.8 Å². The van der Waals surface area contributed by atoms with Gasteiger partial charge in [-0.05, 0) is 26.9 Å². The number of likely N-dealkylation sites (N-methyl/N-ethyl adjacent to an activating group) is 1. The predicted molar refractivity (Wildman–Crippen MR) is 112 cm³/mol. The highest BCUT2D eigenvalue weighted by atomic mass is 16.2. The fourth-order valence-corrected chi connectivity index (χ4v) is 4.09. The van der Waals surface area contributed by atoms with E-state index in [1.807, 2.05) is 32.2 Å². The molecule has 30 heavy (non-hydrogen) atoms. The van der Waals surface area contributed by atoms with Crippen LogP contribution >= 0.6 is 0 Å². The number of hydrogen-bond donors (Lipinski definition) is 1. The largest absolute Gasteiger partial charge is 0.355 e. The van der Waals surface area contributed by atoms with Crippen LogP contribution in [-0.2, 0) is 7.05 Å². The maximum absolute atomic E-state index is 12.4. The highest BCUT2D eigenvalue weighted by molar-refractivity contribution is 5.78. The molecule has 2 amide bonds. The van der Waals surface area contributed by atoms with Crippen molar-refractivity contribution in [2.45, 2.75) is 18.4 Å². The molecule has 4 rings (SSSR count). The van der Waals surface area contributed by atoms with Crippen molar-refractivity contribution >= 4 is 11.8 Å². The van der Waals surface area contributed by atoms with Gasteiger partial charge in [0, 0.05) is 51.5 Å². The molecule has 158 valence electrons. The van der Waals surface area contributed by atoms with Crippen molar-refractivity contribution in [3.8, 4) is 17.3 Å². The number of aromatic nitrogens is 4. The number of hydrogen-bond acceptors (Lipinski definition) is 7. The molecular weight excluding hydrogens is 382 g/mol. The van der Waals surface area contributed by atoms with Crippen LogP contribution in [0.4, 0.5) is 10.6 Å². The Kier molecular flexibility index (Phi) is 5.30. The summed E-state index contributed by atoms with van der Waals surface area (Å²) in [6.07, 6.45) is 6.88. The summed E-state index contributed by atoms with van der Waals surface area (Å²) in [6, 6.07) is 2.15. The minimum atomic E-state index is -0.175. The number of carbonyl (C=O) groups is 1. The Bertz CT molecular complexity index is 969. The Morgan fingerprint density at radius 3 is 2.70 bits per heavy atom. The summed E-state index contributed by atoms with van der Waals surface area (Å²) >= 11 is 0. The summed E-state index contributed by atoms with van der Waals surface area (Å²) in [6.45, 7) is 3.88. The normalized spacial score (nSPS) is 18.2. The molecule has 0 saturated carbocycles. The van der Waals surface area contributed by atoms with Gasteiger partial charge in [0.1, 0.15) is 17.6 Å². The van der Waals surface area contributed by atoms with Crippen LogP contribution in [0.15, 0.2) is 18.6 Å². The quantitative estimate of drug-likeness (QED) is 0.774. The van der Waals surface area contributed by atoms with Crippen molar-refractivity contribution in [2.24, 2.45) is 7.05 Å². The van der Waals surface area contributed by atoms with Crippen LogP contribution in [0, 0.1) is 11.3 Å². The summed E-state index contributed by atoms with van der Waals surface area (Å²) in [5.74, 6) is 0.747. The van der Waals surface area contributed by atoms with E-state index in [2.05, 4.69) is 31.3 Å². The van der Waals surface area contributed by atoms with Crippen molar-refractivity contribution in [3.05, 3.63) is 24.3 Å². The number of rotatable bonds is 5. The van der Waals surface area contributed by atoms with E-state index in [0.717, 1.165) is 56.9 Å². The standard InChI is InChI=1S/C20H27N9O/c1-26(2)8-9-29-14-20(25-19(29)30)4-6-28(7-5-20)17-12-22-16(10-21)18(24-17)15-11-23-27(3)13-15/h11-13H,4-9,14H2,1-3H3,(H,25,30). The number of nitrogens with one attached hydrogen (secondary N) is 1. The predicted octanol–water partition coefficient (Wildman–Crippen LogP) is 0.675. The van der Waals surface area contributed by atoms with Crippen molar-refractivity contribution in [2.75, 3.05) is 51.7 Å². The first kappa shape index (κ1) is 20.1. The van der Waals surface area contributed by atoms with Crippen LogP contribution in [0.5, 0.6) is 0 Å². The Morgan fingerprint density at radius 1 is 1.30 bits per heavy atom. The Hall–Kier alpha value is -3.19. The van der Waals surface area contributed by atoms with Gasteiger partial charge in [0.25, 0.3) is 0 Å². The minimum absolute atomic E-state index is 0.0299. The Morgan fingerprint density at radius 2 is 2.07 bits per heavy atom. The summed E-state index contributed by atoms with van der Waals surface area (Å²) in [7, 11) is 5.86. The number of anilines is 1. The molecule has 0 radical (unpaired) electrons. The third-order valence-corrected chi connectivity index (χ3v) is 5.86. The van der Waals surface area contributed by atoms with Crippen molar-refractivity contribution in [1.82, 2.24) is 34.9 Å². The first-order valence-electron chi connectivity index (χ1n) is 10.1. The highest BCUT2D eigenvalue weighted by Crippen LogP contribution is 2.31. The minimum Gasteiger partial charge on any atom is -0.355 e. The van der Waals surface area contributed by atoms with Gasteiger partial charge in [-0.15, -0.1) is 0 Å². The van der Waals surface area contributed by atoms with Crippen molar-refractivity contribution in [3.63, 3.8) is 0 Å². The highest BCUT2D eigenvalue weighted by Gasteiger charge is 2.44. The number of nitriles is 1. The second-order valence-corrected chi connectivity index (χ2v) is 8.36. The fraction of sp³-hybridized carbons (Fsp3) is 0.550. The summed E-state index contributed by atoms with van der Waals surface area (Å²) in [5.41, 5.74) is 1.44. The summed E-state index contributed by atoms with van der Waals surface area (Å²) in [4.78, 5) is 27.6. The second-order valence-electron chi connectivity index (χ2n) is 8.36. The molecule has 10 nitrogen and oxygen atoms in total. The van der Waals surface area contributed by atoms with E-state index in [1.165, 1.54) is 0 Å². The molecule has 0 aliphatic carbocycles. The molecular formula is C20H27N9O. The molecule has 0 atom stereocenters. The lowest BCUT2D eigenvalue weighted by Crippen LogP contribution is -2.52. The topological polar surface area (TPSA) is 106 Å². The van der Waals surface area contributed by atoms with E-state index in [0.29, 0.717) is 11.4 Å². The maximum atomic E-state index is 12.4. The lowest BCUT2D eigenvalue weighted by molar-refractivity contribution is 0.211. The van der Waals surface area contributed by atoms with E-state index in [-0.39, 0.29) is 11.6 Å². The average Bonchev–Trinajstić information content (AvgIpc) is 3.29. The molecule has 0 bridgehead atoms. The molecule has 1 spiro atoms. The number of carbonyl (C=O) groups excluding carboxylic acids is 1. The van der Waals surface area contributed by atoms with Crippen molar-refractivity contribution < 1.29 is 4.79 Å². The zero-order chi connectivity index (χ0) is 21.3. The van der Waals surface area contributed by atoms with Crippen LogP contribution in [0.1, 0.15) is 18.5 Å². The van der Waals surface area contributed by atoms with E-state index in [1.54, 1.807) is 17.1 Å². The first-order chi connectivity index (χ1) is 14.4. The van der Waals surface area contributed by atoms with Crippen LogP contribution in [-0.4, -0.2) is 87.9 Å². The van der Waals surface area contributed by atoms with Gasteiger partial charge in [0.15, 0.2) is 5.69 Å². The maximum Gasteiger partial charge on any atom is 0.318 e. The number of amides is 2. The smallest absolute Gasteiger partial charge is 0.318 e. The van der Waals surface area contributed by atoms with Gasteiger partial charge in [-0.2, -0.15) is 10.4 Å². The Labute approximate surface area is 176 Å². The van der Waals surface area contributed by atoms with Gasteiger partial charge in [-0.1, -0.05) is 0 Å². The van der Waals surface area contributed by atoms with Crippen LogP contribution < -0.4 is 10.2 Å².